The quantitative estimate of drug-likeness (QED) is 0.757. The lowest BCUT2D eigenvalue weighted by atomic mass is 9.98. The van der Waals surface area contributed by atoms with E-state index in [1.807, 2.05) is 0 Å². The maximum Gasteiger partial charge on any atom is 0.373 e. The van der Waals surface area contributed by atoms with Crippen LogP contribution < -0.4 is 5.32 Å². The molecule has 7 nitrogen and oxygen atoms in total. The van der Waals surface area contributed by atoms with Crippen molar-refractivity contribution in [2.45, 2.75) is 31.6 Å². The summed E-state index contributed by atoms with van der Waals surface area (Å²) in [5.74, 6) is -0.0674. The zero-order chi connectivity index (χ0) is 17.0. The molecule has 0 aromatic carbocycles. The third-order valence-corrected chi connectivity index (χ3v) is 6.14. The van der Waals surface area contributed by atoms with Crippen molar-refractivity contribution < 1.29 is 22.4 Å². The van der Waals surface area contributed by atoms with Crippen LogP contribution in [-0.2, 0) is 14.8 Å². The average Bonchev–Trinajstić information content (AvgIpc) is 2.95. The standard InChI is InChI=1S/C15H24N2O5S.ClH/c1-4-16-10-12-5-7-17(8-6-12)23(19,20)14-9-13(15(18)21-3)22-11(14)2;/h9,12,16H,4-8,10H2,1-3H3;1H. The van der Waals surface area contributed by atoms with Crippen LogP contribution in [0.3, 0.4) is 0 Å². The second-order valence-corrected chi connectivity index (χ2v) is 7.58. The number of hydrogen-bond acceptors (Lipinski definition) is 6. The number of methoxy groups -OCH3 is 1. The Morgan fingerprint density at radius 2 is 2.04 bits per heavy atom. The van der Waals surface area contributed by atoms with Gasteiger partial charge in [-0.25, -0.2) is 13.2 Å². The molecule has 0 radical (unpaired) electrons. The fourth-order valence-electron chi connectivity index (χ4n) is 2.76. The van der Waals surface area contributed by atoms with E-state index in [2.05, 4.69) is 17.0 Å². The summed E-state index contributed by atoms with van der Waals surface area (Å²) in [6, 6.07) is 1.25. The molecular formula is C15H25ClN2O5S. The van der Waals surface area contributed by atoms with Crippen LogP contribution >= 0.6 is 12.4 Å². The molecule has 0 amide bonds. The van der Waals surface area contributed by atoms with E-state index in [9.17, 15) is 13.2 Å². The number of ether oxygens (including phenoxy) is 1. The van der Waals surface area contributed by atoms with Crippen molar-refractivity contribution in [3.8, 4) is 0 Å². The lowest BCUT2D eigenvalue weighted by Gasteiger charge is -2.31. The zero-order valence-electron chi connectivity index (χ0n) is 14.2. The van der Waals surface area contributed by atoms with Crippen LogP contribution in [0.5, 0.6) is 0 Å². The molecule has 9 heteroatoms. The Balaban J connectivity index is 0.00000288. The maximum absolute atomic E-state index is 12.8. The molecule has 0 aliphatic carbocycles. The minimum atomic E-state index is -3.65. The van der Waals surface area contributed by atoms with Crippen LogP contribution in [0.25, 0.3) is 0 Å². The average molecular weight is 381 g/mol. The number of hydrogen-bond donors (Lipinski definition) is 1. The number of nitrogens with one attached hydrogen (secondary N) is 1. The second-order valence-electron chi connectivity index (χ2n) is 5.68. The fraction of sp³-hybridized carbons (Fsp3) is 0.667. The first kappa shape index (κ1) is 21.0. The topological polar surface area (TPSA) is 88.9 Å². The first-order valence-electron chi connectivity index (χ1n) is 7.79. The molecule has 24 heavy (non-hydrogen) atoms. The van der Waals surface area contributed by atoms with Gasteiger partial charge in [-0.3, -0.25) is 0 Å². The van der Waals surface area contributed by atoms with Gasteiger partial charge < -0.3 is 14.5 Å². The number of esters is 1. The Kier molecular flexibility index (Phi) is 7.72. The summed E-state index contributed by atoms with van der Waals surface area (Å²) in [6.07, 6.45) is 1.65. The Hall–Kier alpha value is -1.09. The van der Waals surface area contributed by atoms with Gasteiger partial charge in [-0.05, 0) is 38.8 Å². The molecule has 1 aliphatic rings. The van der Waals surface area contributed by atoms with E-state index >= 15 is 0 Å². The van der Waals surface area contributed by atoms with E-state index in [0.29, 0.717) is 19.0 Å². The van der Waals surface area contributed by atoms with Gasteiger partial charge in [0.05, 0.1) is 7.11 Å². The van der Waals surface area contributed by atoms with Gasteiger partial charge >= 0.3 is 5.97 Å². The van der Waals surface area contributed by atoms with Gasteiger partial charge in [0.15, 0.2) is 0 Å². The summed E-state index contributed by atoms with van der Waals surface area (Å²) in [4.78, 5) is 11.5. The normalized spacial score (nSPS) is 16.6. The predicted octanol–water partition coefficient (Wildman–Crippen LogP) is 1.81. The molecule has 0 bridgehead atoms. The smallest absolute Gasteiger partial charge is 0.373 e. The number of furan rings is 1. The van der Waals surface area contributed by atoms with Crippen molar-refractivity contribution >= 4 is 28.4 Å². The monoisotopic (exact) mass is 380 g/mol. The number of piperidine rings is 1. The minimum Gasteiger partial charge on any atom is -0.463 e. The predicted molar refractivity (Wildman–Crippen MR) is 92.1 cm³/mol. The highest BCUT2D eigenvalue weighted by Gasteiger charge is 2.33. The lowest BCUT2D eigenvalue weighted by Crippen LogP contribution is -2.40. The van der Waals surface area contributed by atoms with Gasteiger partial charge in [0.1, 0.15) is 10.7 Å². The van der Waals surface area contributed by atoms with Crippen LogP contribution in [0.15, 0.2) is 15.4 Å². The number of carbonyl (C=O) groups excluding carboxylic acids is 1. The van der Waals surface area contributed by atoms with E-state index < -0.39 is 16.0 Å². The van der Waals surface area contributed by atoms with E-state index in [1.54, 1.807) is 0 Å². The Morgan fingerprint density at radius 3 is 2.58 bits per heavy atom. The summed E-state index contributed by atoms with van der Waals surface area (Å²) < 4.78 is 36.8. The highest BCUT2D eigenvalue weighted by Crippen LogP contribution is 2.27. The molecule has 0 saturated carbocycles. The Labute approximate surface area is 149 Å². The van der Waals surface area contributed by atoms with Crippen LogP contribution in [0, 0.1) is 12.8 Å². The summed E-state index contributed by atoms with van der Waals surface area (Å²) in [7, 11) is -2.42. The maximum atomic E-state index is 12.8. The molecule has 1 fully saturated rings. The summed E-state index contributed by atoms with van der Waals surface area (Å²) >= 11 is 0. The molecule has 1 aromatic heterocycles. The lowest BCUT2D eigenvalue weighted by molar-refractivity contribution is 0.0563. The second kappa shape index (κ2) is 8.84. The number of nitrogens with zero attached hydrogens (tertiary/aromatic N) is 1. The van der Waals surface area contributed by atoms with Crippen molar-refractivity contribution in [2.24, 2.45) is 5.92 Å². The van der Waals surface area contributed by atoms with Gasteiger partial charge in [0, 0.05) is 19.2 Å². The van der Waals surface area contributed by atoms with E-state index in [0.717, 1.165) is 25.9 Å². The third kappa shape index (κ3) is 4.50. The molecule has 1 saturated heterocycles. The van der Waals surface area contributed by atoms with Crippen LogP contribution in [0.2, 0.25) is 0 Å². The van der Waals surface area contributed by atoms with E-state index in [-0.39, 0.29) is 28.8 Å². The first-order chi connectivity index (χ1) is 10.9. The molecule has 0 atom stereocenters. The molecule has 2 heterocycles. The van der Waals surface area contributed by atoms with Gasteiger partial charge in [-0.1, -0.05) is 6.92 Å². The van der Waals surface area contributed by atoms with Crippen LogP contribution in [0.4, 0.5) is 0 Å². The number of sulfonamides is 1. The molecule has 2 rings (SSSR count). The van der Waals surface area contributed by atoms with Crippen LogP contribution in [-0.4, -0.2) is 52.0 Å². The highest BCUT2D eigenvalue weighted by atomic mass is 35.5. The van der Waals surface area contributed by atoms with Crippen molar-refractivity contribution in [3.05, 3.63) is 17.6 Å². The summed E-state index contributed by atoms with van der Waals surface area (Å²) in [5.41, 5.74) is 0. The molecule has 0 unspecified atom stereocenters. The van der Waals surface area contributed by atoms with Crippen LogP contribution in [0.1, 0.15) is 36.1 Å². The summed E-state index contributed by atoms with van der Waals surface area (Å²) in [6.45, 7) is 6.40. The number of aryl methyl sites for hydroxylation is 1. The molecule has 1 aromatic rings. The molecular weight excluding hydrogens is 356 g/mol. The van der Waals surface area contributed by atoms with E-state index in [4.69, 9.17) is 4.42 Å². The van der Waals surface area contributed by atoms with Gasteiger partial charge in [-0.15, -0.1) is 12.4 Å². The Bertz CT molecular complexity index is 651. The van der Waals surface area contributed by atoms with Gasteiger partial charge in [0.2, 0.25) is 15.8 Å². The van der Waals surface area contributed by atoms with Gasteiger partial charge in [0.25, 0.3) is 0 Å². The minimum absolute atomic E-state index is 0. The molecule has 138 valence electrons. The fourth-order valence-corrected chi connectivity index (χ4v) is 4.39. The van der Waals surface area contributed by atoms with Crippen molar-refractivity contribution in [1.29, 1.82) is 0 Å². The number of halogens is 1. The van der Waals surface area contributed by atoms with E-state index in [1.165, 1.54) is 24.4 Å². The molecule has 0 spiro atoms. The highest BCUT2D eigenvalue weighted by molar-refractivity contribution is 7.89. The van der Waals surface area contributed by atoms with Gasteiger partial charge in [-0.2, -0.15) is 4.31 Å². The van der Waals surface area contributed by atoms with Crippen molar-refractivity contribution in [2.75, 3.05) is 33.3 Å². The third-order valence-electron chi connectivity index (χ3n) is 4.13. The SMILES string of the molecule is CCNCC1CCN(S(=O)(=O)c2cc(C(=O)OC)oc2C)CC1.Cl. The largest absolute Gasteiger partial charge is 0.463 e. The molecule has 1 aliphatic heterocycles. The zero-order valence-corrected chi connectivity index (χ0v) is 15.8. The Morgan fingerprint density at radius 1 is 1.42 bits per heavy atom. The molecule has 1 N–H and O–H groups in total. The van der Waals surface area contributed by atoms with Crippen molar-refractivity contribution in [3.63, 3.8) is 0 Å². The number of rotatable bonds is 6. The van der Waals surface area contributed by atoms with Crippen molar-refractivity contribution in [1.82, 2.24) is 9.62 Å². The summed E-state index contributed by atoms with van der Waals surface area (Å²) in [5, 5.41) is 3.30. The number of carbonyl (C=O) groups is 1. The first-order valence-corrected chi connectivity index (χ1v) is 9.23.